The molecule has 0 bridgehead atoms. The molecule has 1 aliphatic rings. The van der Waals surface area contributed by atoms with Crippen LogP contribution in [0.1, 0.15) is 30.1 Å². The van der Waals surface area contributed by atoms with Crippen LogP contribution >= 0.6 is 12.4 Å². The van der Waals surface area contributed by atoms with Crippen molar-refractivity contribution in [3.63, 3.8) is 0 Å². The number of amides is 1. The summed E-state index contributed by atoms with van der Waals surface area (Å²) in [6.07, 6.45) is 4.42. The second kappa shape index (κ2) is 8.72. The molecular weight excluding hydrogens is 360 g/mol. The Morgan fingerprint density at radius 1 is 1.50 bits per heavy atom. The first-order chi connectivity index (χ1) is 12.1. The zero-order chi connectivity index (χ0) is 17.8. The smallest absolute Gasteiger partial charge is 0.295 e. The van der Waals surface area contributed by atoms with Gasteiger partial charge in [-0.15, -0.1) is 12.4 Å². The van der Waals surface area contributed by atoms with Gasteiger partial charge in [0.2, 0.25) is 0 Å². The molecule has 1 saturated heterocycles. The summed E-state index contributed by atoms with van der Waals surface area (Å²) in [6.45, 7) is 4.27. The second-order valence-electron chi connectivity index (χ2n) is 5.95. The summed E-state index contributed by atoms with van der Waals surface area (Å²) >= 11 is 0. The molecule has 26 heavy (non-hydrogen) atoms. The quantitative estimate of drug-likeness (QED) is 0.605. The number of carbonyl (C=O) groups is 1. The normalized spacial score (nSPS) is 16.1. The van der Waals surface area contributed by atoms with Crippen molar-refractivity contribution < 1.29 is 9.72 Å². The summed E-state index contributed by atoms with van der Waals surface area (Å²) in [5.41, 5.74) is 0.428. The minimum atomic E-state index is -0.505. The molecule has 1 amide bonds. The van der Waals surface area contributed by atoms with E-state index in [1.165, 1.54) is 29.5 Å². The van der Waals surface area contributed by atoms with Crippen LogP contribution in [0.3, 0.4) is 0 Å². The highest BCUT2D eigenvalue weighted by Gasteiger charge is 2.28. The molecule has 1 fully saturated rings. The lowest BCUT2D eigenvalue weighted by atomic mass is 10.1. The van der Waals surface area contributed by atoms with E-state index in [4.69, 9.17) is 0 Å². The van der Waals surface area contributed by atoms with Crippen molar-refractivity contribution in [2.45, 2.75) is 25.8 Å². The van der Waals surface area contributed by atoms with Crippen molar-refractivity contribution in [3.05, 3.63) is 46.5 Å². The maximum Gasteiger partial charge on any atom is 0.295 e. The highest BCUT2D eigenvalue weighted by atomic mass is 35.5. The lowest BCUT2D eigenvalue weighted by Crippen LogP contribution is -2.42. The van der Waals surface area contributed by atoms with Crippen LogP contribution in [0.4, 0.5) is 5.69 Å². The first-order valence-corrected chi connectivity index (χ1v) is 8.27. The Hall–Kier alpha value is -2.52. The molecule has 140 valence electrons. The van der Waals surface area contributed by atoms with Gasteiger partial charge in [-0.05, 0) is 31.5 Å². The molecule has 10 heteroatoms. The van der Waals surface area contributed by atoms with Crippen LogP contribution in [-0.2, 0) is 0 Å². The van der Waals surface area contributed by atoms with E-state index >= 15 is 0 Å². The fourth-order valence-corrected chi connectivity index (χ4v) is 3.09. The molecule has 0 spiro atoms. The SMILES string of the molecule is CCCN(C(=O)c1ccc(-n2cncn2)c([N+](=O)[O-])c1)C1CCNC1.Cl. The Morgan fingerprint density at radius 3 is 2.88 bits per heavy atom. The number of carbonyl (C=O) groups excluding carboxylic acids is 1. The van der Waals surface area contributed by atoms with Gasteiger partial charge in [0.05, 0.1) is 4.92 Å². The first kappa shape index (κ1) is 19.8. The van der Waals surface area contributed by atoms with Gasteiger partial charge < -0.3 is 10.2 Å². The van der Waals surface area contributed by atoms with E-state index in [9.17, 15) is 14.9 Å². The van der Waals surface area contributed by atoms with Crippen LogP contribution in [0.2, 0.25) is 0 Å². The van der Waals surface area contributed by atoms with Crippen LogP contribution in [0.5, 0.6) is 0 Å². The Morgan fingerprint density at radius 2 is 2.31 bits per heavy atom. The van der Waals surface area contributed by atoms with E-state index in [1.54, 1.807) is 6.07 Å². The summed E-state index contributed by atoms with van der Waals surface area (Å²) in [5.74, 6) is -0.177. The van der Waals surface area contributed by atoms with Crippen molar-refractivity contribution in [2.24, 2.45) is 0 Å². The molecule has 3 rings (SSSR count). The Labute approximate surface area is 157 Å². The fraction of sp³-hybridized carbons (Fsp3) is 0.438. The van der Waals surface area contributed by atoms with Crippen molar-refractivity contribution in [1.82, 2.24) is 25.0 Å². The number of nitrogens with zero attached hydrogens (tertiary/aromatic N) is 5. The van der Waals surface area contributed by atoms with Crippen molar-refractivity contribution in [1.29, 1.82) is 0 Å². The molecule has 2 aromatic rings. The van der Waals surface area contributed by atoms with E-state index in [0.29, 0.717) is 12.1 Å². The molecule has 1 aromatic heterocycles. The average molecular weight is 381 g/mol. The predicted molar refractivity (Wildman–Crippen MR) is 97.9 cm³/mol. The number of nitro benzene ring substituents is 1. The van der Waals surface area contributed by atoms with Gasteiger partial charge in [-0.25, -0.2) is 9.67 Å². The van der Waals surface area contributed by atoms with Crippen molar-refractivity contribution >= 4 is 24.0 Å². The van der Waals surface area contributed by atoms with Gasteiger partial charge in [0.15, 0.2) is 0 Å². The van der Waals surface area contributed by atoms with E-state index in [2.05, 4.69) is 15.4 Å². The number of benzene rings is 1. The number of hydrogen-bond acceptors (Lipinski definition) is 6. The summed E-state index contributed by atoms with van der Waals surface area (Å²) in [7, 11) is 0. The number of aromatic nitrogens is 3. The summed E-state index contributed by atoms with van der Waals surface area (Å²) in [4.78, 5) is 29.5. The lowest BCUT2D eigenvalue weighted by molar-refractivity contribution is -0.384. The number of nitrogens with one attached hydrogen (secondary N) is 1. The third-order valence-electron chi connectivity index (χ3n) is 4.29. The zero-order valence-corrected chi connectivity index (χ0v) is 15.2. The molecule has 0 aliphatic carbocycles. The number of rotatable bonds is 6. The van der Waals surface area contributed by atoms with E-state index in [1.807, 2.05) is 11.8 Å². The summed E-state index contributed by atoms with van der Waals surface area (Å²) in [5, 5.41) is 18.6. The molecule has 2 heterocycles. The molecule has 1 aromatic carbocycles. The van der Waals surface area contributed by atoms with E-state index in [0.717, 1.165) is 25.9 Å². The minimum absolute atomic E-state index is 0. The molecular formula is C16H21ClN6O3. The lowest BCUT2D eigenvalue weighted by Gasteiger charge is -2.28. The zero-order valence-electron chi connectivity index (χ0n) is 14.4. The monoisotopic (exact) mass is 380 g/mol. The second-order valence-corrected chi connectivity index (χ2v) is 5.95. The maximum absolute atomic E-state index is 12.9. The number of hydrogen-bond donors (Lipinski definition) is 1. The molecule has 0 radical (unpaired) electrons. The number of nitro groups is 1. The first-order valence-electron chi connectivity index (χ1n) is 8.27. The molecule has 0 saturated carbocycles. The van der Waals surface area contributed by atoms with Crippen LogP contribution in [0.15, 0.2) is 30.9 Å². The highest BCUT2D eigenvalue weighted by Crippen LogP contribution is 2.25. The van der Waals surface area contributed by atoms with E-state index < -0.39 is 4.92 Å². The maximum atomic E-state index is 12.9. The molecule has 1 unspecified atom stereocenters. The highest BCUT2D eigenvalue weighted by molar-refractivity contribution is 5.95. The minimum Gasteiger partial charge on any atom is -0.334 e. The van der Waals surface area contributed by atoms with Gasteiger partial charge in [-0.1, -0.05) is 6.92 Å². The van der Waals surface area contributed by atoms with E-state index in [-0.39, 0.29) is 35.7 Å². The van der Waals surface area contributed by atoms with Gasteiger partial charge in [-0.2, -0.15) is 5.10 Å². The third kappa shape index (κ3) is 4.00. The topological polar surface area (TPSA) is 106 Å². The van der Waals surface area contributed by atoms with Crippen molar-refractivity contribution in [2.75, 3.05) is 19.6 Å². The van der Waals surface area contributed by atoms with Gasteiger partial charge in [0.25, 0.3) is 11.6 Å². The Balaban J connectivity index is 0.00000243. The molecule has 9 nitrogen and oxygen atoms in total. The van der Waals surface area contributed by atoms with Gasteiger partial charge in [-0.3, -0.25) is 14.9 Å². The fourth-order valence-electron chi connectivity index (χ4n) is 3.09. The molecule has 1 N–H and O–H groups in total. The Bertz CT molecular complexity index is 761. The van der Waals surface area contributed by atoms with Gasteiger partial charge in [0.1, 0.15) is 18.3 Å². The Kier molecular flexibility index (Phi) is 6.64. The predicted octanol–water partition coefficient (Wildman–Crippen LogP) is 1.81. The van der Waals surface area contributed by atoms with Crippen LogP contribution < -0.4 is 5.32 Å². The van der Waals surface area contributed by atoms with Gasteiger partial charge in [0, 0.05) is 30.8 Å². The number of halogens is 1. The van der Waals surface area contributed by atoms with Crippen LogP contribution in [0, 0.1) is 10.1 Å². The third-order valence-corrected chi connectivity index (χ3v) is 4.29. The summed E-state index contributed by atoms with van der Waals surface area (Å²) < 4.78 is 1.32. The molecule has 1 atom stereocenters. The van der Waals surface area contributed by atoms with Crippen LogP contribution in [0.25, 0.3) is 5.69 Å². The van der Waals surface area contributed by atoms with Crippen LogP contribution in [-0.4, -0.2) is 56.2 Å². The summed E-state index contributed by atoms with van der Waals surface area (Å²) in [6, 6.07) is 4.60. The van der Waals surface area contributed by atoms with Crippen molar-refractivity contribution in [3.8, 4) is 5.69 Å². The molecule has 1 aliphatic heterocycles. The largest absolute Gasteiger partial charge is 0.334 e. The van der Waals surface area contributed by atoms with Gasteiger partial charge >= 0.3 is 0 Å². The average Bonchev–Trinajstić information content (AvgIpc) is 3.32. The standard InChI is InChI=1S/C16H20N6O3.ClH/c1-2-7-20(13-5-6-17-9-13)16(23)12-3-4-14(15(8-12)22(24)25)21-11-18-10-19-21;/h3-4,8,10-11,13,17H,2,5-7,9H2,1H3;1H.